The lowest BCUT2D eigenvalue weighted by Crippen LogP contribution is -2.39. The van der Waals surface area contributed by atoms with E-state index in [1.807, 2.05) is 0 Å². The van der Waals surface area contributed by atoms with Gasteiger partial charge in [-0.3, -0.25) is 4.99 Å². The Morgan fingerprint density at radius 3 is 1.71 bits per heavy atom. The van der Waals surface area contributed by atoms with Crippen LogP contribution in [0.5, 0.6) is 0 Å². The summed E-state index contributed by atoms with van der Waals surface area (Å²) in [5.74, 6) is 1.01. The summed E-state index contributed by atoms with van der Waals surface area (Å²) in [7, 11) is 0. The molecule has 7 aromatic carbocycles. The Morgan fingerprint density at radius 2 is 0.978 bits per heavy atom. The summed E-state index contributed by atoms with van der Waals surface area (Å²) in [6.45, 7) is 0. The van der Waals surface area contributed by atoms with Crippen molar-refractivity contribution in [3.8, 4) is 22.3 Å². The third-order valence-corrected chi connectivity index (χ3v) is 9.33. The van der Waals surface area contributed by atoms with Gasteiger partial charge in [-0.15, -0.1) is 0 Å². The molecule has 0 amide bonds. The molecule has 45 heavy (non-hydrogen) atoms. The van der Waals surface area contributed by atoms with Crippen LogP contribution in [0.4, 0.5) is 5.69 Å². The molecule has 1 heterocycles. The smallest absolute Gasteiger partial charge is 0.136 e. The summed E-state index contributed by atoms with van der Waals surface area (Å²) in [4.78, 5) is 7.74. The number of fused-ring (bicyclic) bond motifs is 4. The number of anilines is 1. The third-order valence-electron chi connectivity index (χ3n) is 9.33. The zero-order valence-electron chi connectivity index (χ0n) is 24.7. The first-order valence-corrected chi connectivity index (χ1v) is 15.7. The molecule has 0 saturated heterocycles. The molecule has 2 nitrogen and oxygen atoms in total. The maximum absolute atomic E-state index is 5.28. The zero-order chi connectivity index (χ0) is 29.7. The fourth-order valence-electron chi connectivity index (χ4n) is 7.41. The first-order chi connectivity index (χ1) is 22.4. The van der Waals surface area contributed by atoms with Crippen LogP contribution in [0.15, 0.2) is 175 Å². The van der Waals surface area contributed by atoms with E-state index in [-0.39, 0.29) is 12.1 Å². The molecule has 0 N–H and O–H groups in total. The average Bonchev–Trinajstić information content (AvgIpc) is 3.50. The standard InChI is InChI=1S/C43H30N2/c1-2-16-30(17-3-1)43-44-38-26-11-13-28-40(38)45(43)39-27-12-10-24-37(39)42-35-22-8-6-20-33(35)41(34-21-7-9-23-36(34)42)32-25-14-18-29-15-4-5-19-31(29)32/h1-28,38,40H. The van der Waals surface area contributed by atoms with Gasteiger partial charge < -0.3 is 4.90 Å². The van der Waals surface area contributed by atoms with Gasteiger partial charge in [-0.25, -0.2) is 0 Å². The summed E-state index contributed by atoms with van der Waals surface area (Å²) < 4.78 is 0. The second kappa shape index (κ2) is 10.5. The van der Waals surface area contributed by atoms with Crippen LogP contribution in [0, 0.1) is 0 Å². The van der Waals surface area contributed by atoms with Crippen LogP contribution < -0.4 is 4.90 Å². The maximum atomic E-state index is 5.28. The number of amidine groups is 1. The lowest BCUT2D eigenvalue weighted by atomic mass is 9.84. The molecule has 2 heteroatoms. The number of para-hydroxylation sites is 1. The lowest BCUT2D eigenvalue weighted by molar-refractivity contribution is 0.739. The summed E-state index contributed by atoms with van der Waals surface area (Å²) in [6.07, 6.45) is 8.79. The van der Waals surface area contributed by atoms with Gasteiger partial charge in [-0.05, 0) is 55.1 Å². The van der Waals surface area contributed by atoms with Crippen molar-refractivity contribution in [2.45, 2.75) is 12.1 Å². The number of benzene rings is 7. The van der Waals surface area contributed by atoms with E-state index < -0.39 is 0 Å². The molecule has 212 valence electrons. The van der Waals surface area contributed by atoms with Crippen LogP contribution in [-0.4, -0.2) is 17.9 Å². The Bertz CT molecular complexity index is 2280. The minimum Gasteiger partial charge on any atom is -0.316 e. The predicted molar refractivity (Wildman–Crippen MR) is 191 cm³/mol. The molecule has 1 aliphatic carbocycles. The van der Waals surface area contributed by atoms with E-state index in [0.29, 0.717) is 0 Å². The highest BCUT2D eigenvalue weighted by molar-refractivity contribution is 6.25. The molecule has 1 aliphatic heterocycles. The Balaban J connectivity index is 1.35. The van der Waals surface area contributed by atoms with E-state index in [1.54, 1.807) is 0 Å². The van der Waals surface area contributed by atoms with Gasteiger partial charge in [-0.2, -0.15) is 0 Å². The fourth-order valence-corrected chi connectivity index (χ4v) is 7.41. The fraction of sp³-hybridized carbons (Fsp3) is 0.0465. The van der Waals surface area contributed by atoms with Gasteiger partial charge in [0.15, 0.2) is 0 Å². The summed E-state index contributed by atoms with van der Waals surface area (Å²) in [6, 6.07) is 52.9. The predicted octanol–water partition coefficient (Wildman–Crippen LogP) is 10.6. The van der Waals surface area contributed by atoms with Crippen molar-refractivity contribution in [3.63, 3.8) is 0 Å². The van der Waals surface area contributed by atoms with E-state index in [0.717, 1.165) is 11.4 Å². The number of hydrogen-bond donors (Lipinski definition) is 0. The maximum Gasteiger partial charge on any atom is 0.136 e. The minimum absolute atomic E-state index is 0.0699. The number of rotatable bonds is 4. The van der Waals surface area contributed by atoms with E-state index in [4.69, 9.17) is 4.99 Å². The van der Waals surface area contributed by atoms with E-state index >= 15 is 0 Å². The van der Waals surface area contributed by atoms with Crippen LogP contribution in [0.3, 0.4) is 0 Å². The quantitative estimate of drug-likeness (QED) is 0.191. The van der Waals surface area contributed by atoms with Crippen LogP contribution in [0.2, 0.25) is 0 Å². The van der Waals surface area contributed by atoms with Gasteiger partial charge in [0, 0.05) is 11.1 Å². The molecule has 2 aliphatic rings. The number of hydrogen-bond acceptors (Lipinski definition) is 2. The number of aliphatic imine (C=N–C) groups is 1. The lowest BCUT2D eigenvalue weighted by Gasteiger charge is -2.31. The number of allylic oxidation sites excluding steroid dienone is 2. The van der Waals surface area contributed by atoms with Gasteiger partial charge in [-0.1, -0.05) is 164 Å². The Labute approximate surface area is 262 Å². The average molecular weight is 575 g/mol. The van der Waals surface area contributed by atoms with Crippen molar-refractivity contribution in [1.82, 2.24) is 0 Å². The molecule has 7 aromatic rings. The van der Waals surface area contributed by atoms with Crippen LogP contribution in [0.1, 0.15) is 5.56 Å². The normalized spacial score (nSPS) is 17.2. The van der Waals surface area contributed by atoms with Gasteiger partial charge >= 0.3 is 0 Å². The molecule has 0 saturated carbocycles. The largest absolute Gasteiger partial charge is 0.316 e. The molecule has 2 atom stereocenters. The monoisotopic (exact) mass is 574 g/mol. The van der Waals surface area contributed by atoms with Gasteiger partial charge in [0.25, 0.3) is 0 Å². The Hall–Kier alpha value is -5.73. The summed E-state index contributed by atoms with van der Waals surface area (Å²) in [5.41, 5.74) is 7.31. The van der Waals surface area contributed by atoms with Crippen molar-refractivity contribution in [3.05, 3.63) is 175 Å². The molecule has 9 rings (SSSR count). The molecule has 0 radical (unpaired) electrons. The zero-order valence-corrected chi connectivity index (χ0v) is 24.7. The first-order valence-electron chi connectivity index (χ1n) is 15.7. The van der Waals surface area contributed by atoms with Crippen molar-refractivity contribution < 1.29 is 0 Å². The van der Waals surface area contributed by atoms with E-state index in [2.05, 4.69) is 175 Å². The van der Waals surface area contributed by atoms with Crippen molar-refractivity contribution in [2.75, 3.05) is 4.90 Å². The molecule has 0 fully saturated rings. The second-order valence-electron chi connectivity index (χ2n) is 11.8. The Morgan fingerprint density at radius 1 is 0.444 bits per heavy atom. The second-order valence-corrected chi connectivity index (χ2v) is 11.8. The molecular formula is C43H30N2. The van der Waals surface area contributed by atoms with Crippen molar-refractivity contribution in [2.24, 2.45) is 4.99 Å². The van der Waals surface area contributed by atoms with Crippen LogP contribution in [0.25, 0.3) is 54.6 Å². The van der Waals surface area contributed by atoms with Crippen LogP contribution in [-0.2, 0) is 0 Å². The van der Waals surface area contributed by atoms with Gasteiger partial charge in [0.2, 0.25) is 0 Å². The molecule has 0 spiro atoms. The first kappa shape index (κ1) is 25.7. The van der Waals surface area contributed by atoms with Gasteiger partial charge in [0.05, 0.1) is 17.8 Å². The molecular weight excluding hydrogens is 544 g/mol. The molecule has 0 bridgehead atoms. The molecule has 2 unspecified atom stereocenters. The summed E-state index contributed by atoms with van der Waals surface area (Å²) >= 11 is 0. The highest BCUT2D eigenvalue weighted by Crippen LogP contribution is 2.48. The summed E-state index contributed by atoms with van der Waals surface area (Å²) in [5, 5.41) is 7.54. The highest BCUT2D eigenvalue weighted by Gasteiger charge is 2.37. The minimum atomic E-state index is 0.0699. The van der Waals surface area contributed by atoms with E-state index in [9.17, 15) is 0 Å². The highest BCUT2D eigenvalue weighted by atomic mass is 15.3. The van der Waals surface area contributed by atoms with E-state index in [1.165, 1.54) is 60.3 Å². The van der Waals surface area contributed by atoms with Crippen molar-refractivity contribution in [1.29, 1.82) is 0 Å². The molecule has 0 aromatic heterocycles. The Kier molecular flexibility index (Phi) is 5.99. The van der Waals surface area contributed by atoms with Gasteiger partial charge in [0.1, 0.15) is 5.84 Å². The third kappa shape index (κ3) is 4.07. The van der Waals surface area contributed by atoms with Crippen molar-refractivity contribution >= 4 is 43.8 Å². The topological polar surface area (TPSA) is 15.6 Å². The van der Waals surface area contributed by atoms with Crippen LogP contribution >= 0.6 is 0 Å². The number of nitrogens with zero attached hydrogens (tertiary/aromatic N) is 2. The SMILES string of the molecule is C1=CC2N=C(c3ccccc3)N(c3ccccc3-c3c4ccccc4c(-c4cccc5ccccc45)c4ccccc34)C2C=C1.